The van der Waals surface area contributed by atoms with E-state index in [1.165, 1.54) is 7.11 Å². The molecule has 6 nitrogen and oxygen atoms in total. The van der Waals surface area contributed by atoms with Crippen molar-refractivity contribution in [2.75, 3.05) is 27.3 Å². The van der Waals surface area contributed by atoms with Crippen LogP contribution < -0.4 is 10.1 Å². The maximum absolute atomic E-state index is 12.6. The number of hydrogen-bond acceptors (Lipinski definition) is 4. The summed E-state index contributed by atoms with van der Waals surface area (Å²) in [6, 6.07) is 7.27. The molecule has 0 saturated carbocycles. The molecule has 6 heteroatoms. The highest BCUT2D eigenvalue weighted by Gasteiger charge is 2.25. The van der Waals surface area contributed by atoms with Crippen molar-refractivity contribution in [2.45, 2.75) is 39.7 Å². The smallest absolute Gasteiger partial charge is 0.407 e. The quantitative estimate of drug-likeness (QED) is 0.695. The highest BCUT2D eigenvalue weighted by molar-refractivity contribution is 5.85. The molecule has 0 saturated heterocycles. The van der Waals surface area contributed by atoms with Gasteiger partial charge >= 0.3 is 6.09 Å². The second-order valence-corrected chi connectivity index (χ2v) is 6.55. The zero-order valence-electron chi connectivity index (χ0n) is 15.9. The summed E-state index contributed by atoms with van der Waals surface area (Å²) < 4.78 is 10.4. The van der Waals surface area contributed by atoms with Gasteiger partial charge in [0.2, 0.25) is 5.91 Å². The van der Waals surface area contributed by atoms with Crippen LogP contribution in [0.3, 0.4) is 0 Å². The predicted molar refractivity (Wildman–Crippen MR) is 97.7 cm³/mol. The van der Waals surface area contributed by atoms with Crippen molar-refractivity contribution in [2.24, 2.45) is 5.92 Å². The fraction of sp³-hybridized carbons (Fsp3) is 0.579. The number of benzene rings is 1. The molecule has 0 aliphatic carbocycles. The van der Waals surface area contributed by atoms with E-state index in [-0.39, 0.29) is 11.8 Å². The Bertz CT molecular complexity index is 560. The van der Waals surface area contributed by atoms with Gasteiger partial charge in [-0.25, -0.2) is 4.79 Å². The van der Waals surface area contributed by atoms with Crippen molar-refractivity contribution in [1.82, 2.24) is 10.2 Å². The molecule has 1 atom stereocenters. The van der Waals surface area contributed by atoms with Gasteiger partial charge in [-0.15, -0.1) is 0 Å². The minimum atomic E-state index is -0.588. The first-order valence-electron chi connectivity index (χ1n) is 8.63. The number of ether oxygens (including phenoxy) is 2. The van der Waals surface area contributed by atoms with Crippen LogP contribution in [0.5, 0.6) is 5.75 Å². The van der Waals surface area contributed by atoms with Gasteiger partial charge in [-0.2, -0.15) is 0 Å². The summed E-state index contributed by atoms with van der Waals surface area (Å²) >= 11 is 0. The van der Waals surface area contributed by atoms with Crippen molar-refractivity contribution in [1.29, 1.82) is 0 Å². The van der Waals surface area contributed by atoms with Crippen molar-refractivity contribution in [3.8, 4) is 5.75 Å². The van der Waals surface area contributed by atoms with Crippen LogP contribution in [0.25, 0.3) is 0 Å². The van der Waals surface area contributed by atoms with E-state index in [2.05, 4.69) is 10.1 Å². The summed E-state index contributed by atoms with van der Waals surface area (Å²) in [7, 11) is 3.03. The van der Waals surface area contributed by atoms with Crippen molar-refractivity contribution in [3.63, 3.8) is 0 Å². The molecule has 2 amide bonds. The van der Waals surface area contributed by atoms with Gasteiger partial charge in [0.05, 0.1) is 13.7 Å². The van der Waals surface area contributed by atoms with Crippen LogP contribution in [-0.2, 0) is 9.53 Å². The molecule has 1 aromatic rings. The van der Waals surface area contributed by atoms with Gasteiger partial charge in [-0.1, -0.05) is 32.0 Å². The molecule has 0 radical (unpaired) electrons. The second kappa shape index (κ2) is 10.6. The van der Waals surface area contributed by atoms with E-state index < -0.39 is 12.1 Å². The van der Waals surface area contributed by atoms with Gasteiger partial charge in [-0.3, -0.25) is 4.79 Å². The zero-order valence-corrected chi connectivity index (χ0v) is 15.9. The summed E-state index contributed by atoms with van der Waals surface area (Å²) in [5.74, 6) is 1.03. The Morgan fingerprint density at radius 1 is 1.24 bits per heavy atom. The maximum atomic E-state index is 12.6. The lowest BCUT2D eigenvalue weighted by molar-refractivity contribution is -0.132. The monoisotopic (exact) mass is 350 g/mol. The average molecular weight is 350 g/mol. The molecule has 0 bridgehead atoms. The predicted octanol–water partition coefficient (Wildman–Crippen LogP) is 2.99. The highest BCUT2D eigenvalue weighted by Crippen LogP contribution is 2.16. The number of likely N-dealkylation sites (N-methyl/N-ethyl adjacent to an activating group) is 1. The molecule has 0 fully saturated rings. The number of hydrogen-bond donors (Lipinski definition) is 1. The standard InChI is InChI=1S/C19H30N2O4/c1-14(2)13-16(20-19(23)24-5)18(22)21(4)11-8-12-25-17-10-7-6-9-15(17)3/h6-7,9-10,14,16H,8,11-13H2,1-5H3,(H,20,23). The van der Waals surface area contributed by atoms with Crippen LogP contribution in [0, 0.1) is 12.8 Å². The second-order valence-electron chi connectivity index (χ2n) is 6.55. The Hall–Kier alpha value is -2.24. The molecular weight excluding hydrogens is 320 g/mol. The number of nitrogens with zero attached hydrogens (tertiary/aromatic N) is 1. The lowest BCUT2D eigenvalue weighted by Gasteiger charge is -2.25. The molecule has 1 aromatic carbocycles. The van der Waals surface area contributed by atoms with E-state index in [0.29, 0.717) is 26.0 Å². The van der Waals surface area contributed by atoms with Gasteiger partial charge in [0.15, 0.2) is 0 Å². The van der Waals surface area contributed by atoms with Crippen LogP contribution >= 0.6 is 0 Å². The maximum Gasteiger partial charge on any atom is 0.407 e. The molecule has 0 aliphatic rings. The van der Waals surface area contributed by atoms with Crippen LogP contribution in [0.15, 0.2) is 24.3 Å². The van der Waals surface area contributed by atoms with E-state index in [1.807, 2.05) is 45.0 Å². The summed E-state index contributed by atoms with van der Waals surface area (Å²) in [6.07, 6.45) is 0.691. The number of carbonyl (C=O) groups is 2. The van der Waals surface area contributed by atoms with Gasteiger partial charge in [0.1, 0.15) is 11.8 Å². The Labute approximate surface area is 150 Å². The Morgan fingerprint density at radius 3 is 2.52 bits per heavy atom. The van der Waals surface area contributed by atoms with E-state index >= 15 is 0 Å². The van der Waals surface area contributed by atoms with Crippen molar-refractivity contribution >= 4 is 12.0 Å². The largest absolute Gasteiger partial charge is 0.493 e. The Kier molecular flexibility index (Phi) is 8.81. The first kappa shape index (κ1) is 20.8. The minimum absolute atomic E-state index is 0.116. The van der Waals surface area contributed by atoms with Crippen molar-refractivity contribution < 1.29 is 19.1 Å². The van der Waals surface area contributed by atoms with Gasteiger partial charge in [0.25, 0.3) is 0 Å². The third-order valence-corrected chi connectivity index (χ3v) is 3.85. The summed E-state index contributed by atoms with van der Waals surface area (Å²) in [5, 5.41) is 2.62. The molecule has 0 aromatic heterocycles. The lowest BCUT2D eigenvalue weighted by atomic mass is 10.0. The molecule has 1 N–H and O–H groups in total. The molecule has 1 unspecified atom stereocenters. The Morgan fingerprint density at radius 2 is 1.92 bits per heavy atom. The Balaban J connectivity index is 2.47. The number of amides is 2. The molecular formula is C19H30N2O4. The van der Waals surface area contributed by atoms with E-state index in [1.54, 1.807) is 11.9 Å². The number of methoxy groups -OCH3 is 1. The molecule has 1 rings (SSSR count). The number of alkyl carbamates (subject to hydrolysis) is 1. The summed E-state index contributed by atoms with van der Waals surface area (Å²) in [5.41, 5.74) is 1.09. The average Bonchev–Trinajstić information content (AvgIpc) is 2.58. The third kappa shape index (κ3) is 7.45. The number of rotatable bonds is 9. The SMILES string of the molecule is COC(=O)NC(CC(C)C)C(=O)N(C)CCCOc1ccccc1C. The van der Waals surface area contributed by atoms with Crippen LogP contribution in [0.1, 0.15) is 32.3 Å². The number of carbonyl (C=O) groups excluding carboxylic acids is 2. The minimum Gasteiger partial charge on any atom is -0.493 e. The van der Waals surface area contributed by atoms with Crippen LogP contribution in [0.2, 0.25) is 0 Å². The molecule has 140 valence electrons. The number of aryl methyl sites for hydroxylation is 1. The van der Waals surface area contributed by atoms with Gasteiger partial charge in [0, 0.05) is 13.6 Å². The molecule has 25 heavy (non-hydrogen) atoms. The lowest BCUT2D eigenvalue weighted by Crippen LogP contribution is -2.48. The topological polar surface area (TPSA) is 67.9 Å². The van der Waals surface area contributed by atoms with Crippen LogP contribution in [0.4, 0.5) is 4.79 Å². The fourth-order valence-electron chi connectivity index (χ4n) is 2.47. The summed E-state index contributed by atoms with van der Waals surface area (Å²) in [6.45, 7) is 7.11. The molecule has 0 heterocycles. The normalized spacial score (nSPS) is 11.8. The molecule has 0 aliphatic heterocycles. The third-order valence-electron chi connectivity index (χ3n) is 3.85. The van der Waals surface area contributed by atoms with Crippen LogP contribution in [-0.4, -0.2) is 50.3 Å². The first-order chi connectivity index (χ1) is 11.8. The fourth-order valence-corrected chi connectivity index (χ4v) is 2.47. The van der Waals surface area contributed by atoms with Crippen molar-refractivity contribution in [3.05, 3.63) is 29.8 Å². The van der Waals surface area contributed by atoms with Gasteiger partial charge < -0.3 is 19.7 Å². The number of nitrogens with one attached hydrogen (secondary N) is 1. The molecule has 0 spiro atoms. The van der Waals surface area contributed by atoms with E-state index in [4.69, 9.17) is 4.74 Å². The number of para-hydroxylation sites is 1. The van der Waals surface area contributed by atoms with E-state index in [0.717, 1.165) is 11.3 Å². The first-order valence-corrected chi connectivity index (χ1v) is 8.63. The van der Waals surface area contributed by atoms with Gasteiger partial charge in [-0.05, 0) is 37.3 Å². The zero-order chi connectivity index (χ0) is 18.8. The highest BCUT2D eigenvalue weighted by atomic mass is 16.5. The summed E-state index contributed by atoms with van der Waals surface area (Å²) in [4.78, 5) is 25.6. The van der Waals surface area contributed by atoms with E-state index in [9.17, 15) is 9.59 Å².